The molecule has 28 heavy (non-hydrogen) atoms. The maximum atomic E-state index is 12.3. The molecule has 0 aliphatic rings. The van der Waals surface area contributed by atoms with E-state index >= 15 is 0 Å². The van der Waals surface area contributed by atoms with Gasteiger partial charge in [-0.2, -0.15) is 0 Å². The third kappa shape index (κ3) is 11.1. The highest BCUT2D eigenvalue weighted by Gasteiger charge is 2.10. The van der Waals surface area contributed by atoms with Crippen LogP contribution in [0, 0.1) is 0 Å². The van der Waals surface area contributed by atoms with Crippen molar-refractivity contribution in [3.05, 3.63) is 35.4 Å². The van der Waals surface area contributed by atoms with Crippen molar-refractivity contribution in [2.24, 2.45) is 0 Å². The second-order valence-corrected chi connectivity index (χ2v) is 7.63. The lowest BCUT2D eigenvalue weighted by atomic mass is 10.1. The van der Waals surface area contributed by atoms with Gasteiger partial charge in [0, 0.05) is 24.2 Å². The number of unbranched alkanes of at least 4 members (excludes halogenated alkanes) is 10. The number of hydrogen-bond donors (Lipinski definition) is 2. The van der Waals surface area contributed by atoms with Crippen molar-refractivity contribution in [2.45, 2.75) is 90.9 Å². The van der Waals surface area contributed by atoms with Gasteiger partial charge in [0.15, 0.2) is 0 Å². The minimum absolute atomic E-state index is 0.0980. The molecule has 0 saturated carbocycles. The lowest BCUT2D eigenvalue weighted by Gasteiger charge is -2.08. The van der Waals surface area contributed by atoms with Gasteiger partial charge in [0.2, 0.25) is 0 Å². The maximum Gasteiger partial charge on any atom is 0.251 e. The molecule has 0 unspecified atom stereocenters. The first kappa shape index (κ1) is 24.2. The highest BCUT2D eigenvalue weighted by Crippen LogP contribution is 2.08. The van der Waals surface area contributed by atoms with Gasteiger partial charge in [0.1, 0.15) is 0 Å². The molecular formula is C24H40N2O2. The molecule has 1 rings (SSSR count). The number of benzene rings is 1. The summed E-state index contributed by atoms with van der Waals surface area (Å²) in [5.41, 5.74) is 1.11. The summed E-state index contributed by atoms with van der Waals surface area (Å²) in [6.45, 7) is 5.81. The first-order valence-electron chi connectivity index (χ1n) is 11.4. The molecular weight excluding hydrogens is 348 g/mol. The van der Waals surface area contributed by atoms with E-state index in [9.17, 15) is 9.59 Å². The molecule has 2 amide bonds. The van der Waals surface area contributed by atoms with Crippen molar-refractivity contribution in [2.75, 3.05) is 13.1 Å². The van der Waals surface area contributed by atoms with Gasteiger partial charge in [-0.3, -0.25) is 9.59 Å². The van der Waals surface area contributed by atoms with Crippen LogP contribution in [0.25, 0.3) is 0 Å². The van der Waals surface area contributed by atoms with Crippen molar-refractivity contribution < 1.29 is 9.59 Å². The molecule has 0 aromatic heterocycles. The molecule has 2 N–H and O–H groups in total. The third-order valence-corrected chi connectivity index (χ3v) is 5.02. The summed E-state index contributed by atoms with van der Waals surface area (Å²) < 4.78 is 0. The Morgan fingerprint density at radius 3 is 1.46 bits per heavy atom. The smallest absolute Gasteiger partial charge is 0.251 e. The number of carbonyl (C=O) groups excluding carboxylic acids is 2. The molecule has 0 aliphatic heterocycles. The van der Waals surface area contributed by atoms with Gasteiger partial charge in [-0.05, 0) is 31.0 Å². The van der Waals surface area contributed by atoms with Crippen molar-refractivity contribution in [3.8, 4) is 0 Å². The van der Waals surface area contributed by atoms with Crippen molar-refractivity contribution in [3.63, 3.8) is 0 Å². The second kappa shape index (κ2) is 16.1. The summed E-state index contributed by atoms with van der Waals surface area (Å²) >= 11 is 0. The van der Waals surface area contributed by atoms with Crippen LogP contribution in [0.5, 0.6) is 0 Å². The Hall–Kier alpha value is -1.84. The number of amides is 2. The van der Waals surface area contributed by atoms with Crippen LogP contribution in [0.4, 0.5) is 0 Å². The van der Waals surface area contributed by atoms with Crippen molar-refractivity contribution in [1.82, 2.24) is 10.6 Å². The lowest BCUT2D eigenvalue weighted by Crippen LogP contribution is -2.26. The summed E-state index contributed by atoms with van der Waals surface area (Å²) in [7, 11) is 0. The van der Waals surface area contributed by atoms with Crippen molar-refractivity contribution in [1.29, 1.82) is 0 Å². The summed E-state index contributed by atoms with van der Waals surface area (Å²) in [4.78, 5) is 24.6. The monoisotopic (exact) mass is 388 g/mol. The van der Waals surface area contributed by atoms with Crippen LogP contribution in [0.1, 0.15) is 112 Å². The van der Waals surface area contributed by atoms with E-state index in [1.54, 1.807) is 24.3 Å². The number of nitrogens with one attached hydrogen (secondary N) is 2. The zero-order chi connectivity index (χ0) is 20.5. The predicted molar refractivity (Wildman–Crippen MR) is 118 cm³/mol. The van der Waals surface area contributed by atoms with Crippen LogP contribution in [0.3, 0.4) is 0 Å². The fourth-order valence-electron chi connectivity index (χ4n) is 3.22. The Kier molecular flexibility index (Phi) is 14.0. The van der Waals surface area contributed by atoms with E-state index < -0.39 is 0 Å². The fourth-order valence-corrected chi connectivity index (χ4v) is 3.22. The van der Waals surface area contributed by atoms with E-state index in [2.05, 4.69) is 24.5 Å². The van der Waals surface area contributed by atoms with Gasteiger partial charge in [0.05, 0.1) is 0 Å². The summed E-state index contributed by atoms with van der Waals surface area (Å²) in [6.07, 6.45) is 14.4. The lowest BCUT2D eigenvalue weighted by molar-refractivity contribution is 0.0952. The van der Waals surface area contributed by atoms with E-state index in [-0.39, 0.29) is 11.8 Å². The molecule has 1 aromatic rings. The van der Waals surface area contributed by atoms with E-state index in [1.165, 1.54) is 51.4 Å². The first-order chi connectivity index (χ1) is 13.7. The average molecular weight is 389 g/mol. The molecule has 0 bridgehead atoms. The summed E-state index contributed by atoms with van der Waals surface area (Å²) in [5.74, 6) is -0.196. The summed E-state index contributed by atoms with van der Waals surface area (Å²) in [6, 6.07) is 6.99. The molecule has 158 valence electrons. The van der Waals surface area contributed by atoms with E-state index in [0.29, 0.717) is 24.2 Å². The molecule has 0 spiro atoms. The van der Waals surface area contributed by atoms with Gasteiger partial charge >= 0.3 is 0 Å². The minimum Gasteiger partial charge on any atom is -0.352 e. The van der Waals surface area contributed by atoms with Gasteiger partial charge in [-0.1, -0.05) is 84.1 Å². The van der Waals surface area contributed by atoms with E-state index in [0.717, 1.165) is 25.7 Å². The molecule has 0 fully saturated rings. The average Bonchev–Trinajstić information content (AvgIpc) is 2.72. The Morgan fingerprint density at radius 1 is 0.643 bits per heavy atom. The van der Waals surface area contributed by atoms with Gasteiger partial charge in [-0.15, -0.1) is 0 Å². The molecule has 1 aromatic carbocycles. The van der Waals surface area contributed by atoms with E-state index in [1.807, 2.05) is 0 Å². The number of rotatable bonds is 16. The van der Waals surface area contributed by atoms with Crippen LogP contribution in [0.15, 0.2) is 24.3 Å². The summed E-state index contributed by atoms with van der Waals surface area (Å²) in [5, 5.41) is 5.92. The van der Waals surface area contributed by atoms with Gasteiger partial charge in [0.25, 0.3) is 11.8 Å². The Balaban J connectivity index is 2.27. The highest BCUT2D eigenvalue weighted by molar-refractivity contribution is 5.99. The highest BCUT2D eigenvalue weighted by atomic mass is 16.2. The van der Waals surface area contributed by atoms with Gasteiger partial charge < -0.3 is 10.6 Å². The van der Waals surface area contributed by atoms with Crippen LogP contribution >= 0.6 is 0 Å². The largest absolute Gasteiger partial charge is 0.352 e. The SMILES string of the molecule is CCCCCCCCNC(=O)c1cccc(C(=O)NCCCCCCCC)c1. The van der Waals surface area contributed by atoms with E-state index in [4.69, 9.17) is 0 Å². The first-order valence-corrected chi connectivity index (χ1v) is 11.4. The molecule has 0 aliphatic carbocycles. The van der Waals surface area contributed by atoms with Crippen LogP contribution in [-0.2, 0) is 0 Å². The fraction of sp³-hybridized carbons (Fsp3) is 0.667. The molecule has 0 heterocycles. The Bertz CT molecular complexity index is 512. The minimum atomic E-state index is -0.0980. The molecule has 0 atom stereocenters. The Labute approximate surface area is 171 Å². The normalized spacial score (nSPS) is 10.6. The topological polar surface area (TPSA) is 58.2 Å². The standard InChI is InChI=1S/C24H40N2O2/c1-3-5-7-9-11-13-18-25-23(27)21-16-15-17-22(20-21)24(28)26-19-14-12-10-8-6-4-2/h15-17,20H,3-14,18-19H2,1-2H3,(H,25,27)(H,26,28). The van der Waals surface area contributed by atoms with Crippen molar-refractivity contribution >= 4 is 11.8 Å². The zero-order valence-corrected chi connectivity index (χ0v) is 18.0. The number of carbonyl (C=O) groups is 2. The maximum absolute atomic E-state index is 12.3. The third-order valence-electron chi connectivity index (χ3n) is 5.02. The Morgan fingerprint density at radius 2 is 1.04 bits per heavy atom. The second-order valence-electron chi connectivity index (χ2n) is 7.63. The van der Waals surface area contributed by atoms with Crippen LogP contribution in [0.2, 0.25) is 0 Å². The number of hydrogen-bond acceptors (Lipinski definition) is 2. The molecule has 0 radical (unpaired) electrons. The molecule has 4 nitrogen and oxygen atoms in total. The molecule has 4 heteroatoms. The quantitative estimate of drug-likeness (QED) is 0.348. The van der Waals surface area contributed by atoms with Gasteiger partial charge in [-0.25, -0.2) is 0 Å². The van der Waals surface area contributed by atoms with Crippen LogP contribution in [-0.4, -0.2) is 24.9 Å². The zero-order valence-electron chi connectivity index (χ0n) is 18.0. The predicted octanol–water partition coefficient (Wildman–Crippen LogP) is 5.87. The molecule has 0 saturated heterocycles. The van der Waals surface area contributed by atoms with Crippen LogP contribution < -0.4 is 10.6 Å².